The van der Waals surface area contributed by atoms with E-state index in [2.05, 4.69) is 37.7 Å². The number of hydrogen-bond acceptors (Lipinski definition) is 3. The number of para-hydroxylation sites is 1. The molecule has 0 radical (unpaired) electrons. The van der Waals surface area contributed by atoms with Crippen LogP contribution in [-0.2, 0) is 11.3 Å². The van der Waals surface area contributed by atoms with Gasteiger partial charge in [-0.2, -0.15) is 5.10 Å². The molecule has 1 amide bonds. The lowest BCUT2D eigenvalue weighted by molar-refractivity contribution is -0.136. The lowest BCUT2D eigenvalue weighted by atomic mass is 9.97. The molecule has 6 nitrogen and oxygen atoms in total. The Bertz CT molecular complexity index is 886. The fourth-order valence-corrected chi connectivity index (χ4v) is 4.68. The summed E-state index contributed by atoms with van der Waals surface area (Å²) >= 11 is 0. The van der Waals surface area contributed by atoms with Gasteiger partial charge in [-0.15, -0.1) is 0 Å². The monoisotopic (exact) mass is 335 g/mol. The molecule has 2 fully saturated rings. The number of amides is 1. The molecule has 2 unspecified atom stereocenters. The number of rotatable bonds is 3. The van der Waals surface area contributed by atoms with Crippen LogP contribution in [0.5, 0.6) is 0 Å². The largest absolute Gasteiger partial charge is 0.338 e. The first-order valence-corrected chi connectivity index (χ1v) is 8.99. The van der Waals surface area contributed by atoms with E-state index in [1.165, 1.54) is 5.39 Å². The molecule has 2 aliphatic rings. The van der Waals surface area contributed by atoms with Crippen molar-refractivity contribution in [2.75, 3.05) is 0 Å². The van der Waals surface area contributed by atoms with Crippen LogP contribution in [0.3, 0.4) is 0 Å². The molecular weight excluding hydrogens is 314 g/mol. The maximum atomic E-state index is 13.0. The normalized spacial score (nSPS) is 25.6. The van der Waals surface area contributed by atoms with E-state index in [1.807, 2.05) is 23.0 Å². The summed E-state index contributed by atoms with van der Waals surface area (Å²) in [6, 6.07) is 11.3. The summed E-state index contributed by atoms with van der Waals surface area (Å²) in [5, 5.41) is 5.48. The maximum Gasteiger partial charge on any atom is 0.243 e. The summed E-state index contributed by atoms with van der Waals surface area (Å²) in [5.41, 5.74) is 1.13. The third kappa shape index (κ3) is 2.44. The van der Waals surface area contributed by atoms with Crippen LogP contribution in [0, 0.1) is 0 Å². The van der Waals surface area contributed by atoms with Crippen LogP contribution in [0.15, 0.2) is 49.2 Å². The number of carbonyl (C=O) groups excluding carboxylic acids is 1. The van der Waals surface area contributed by atoms with Crippen molar-refractivity contribution in [1.29, 1.82) is 0 Å². The van der Waals surface area contributed by atoms with Crippen molar-refractivity contribution in [2.24, 2.45) is 0 Å². The second-order valence-electron chi connectivity index (χ2n) is 7.19. The molecule has 2 bridgehead atoms. The average molecular weight is 335 g/mol. The first-order chi connectivity index (χ1) is 12.3. The number of benzene rings is 1. The van der Waals surface area contributed by atoms with Crippen LogP contribution in [0.1, 0.15) is 31.7 Å². The van der Waals surface area contributed by atoms with Crippen LogP contribution in [0.25, 0.3) is 10.9 Å². The molecule has 4 heterocycles. The van der Waals surface area contributed by atoms with Gasteiger partial charge in [-0.3, -0.25) is 4.79 Å². The minimum atomic E-state index is 0.242. The van der Waals surface area contributed by atoms with Crippen LogP contribution in [0.4, 0.5) is 0 Å². The zero-order valence-electron chi connectivity index (χ0n) is 14.0. The third-order valence-corrected chi connectivity index (χ3v) is 5.79. The summed E-state index contributed by atoms with van der Waals surface area (Å²) in [5.74, 6) is 0.242. The zero-order valence-corrected chi connectivity index (χ0v) is 14.0. The fourth-order valence-electron chi connectivity index (χ4n) is 4.68. The summed E-state index contributed by atoms with van der Waals surface area (Å²) in [6.07, 6.45) is 9.59. The van der Waals surface area contributed by atoms with Crippen LogP contribution < -0.4 is 0 Å². The van der Waals surface area contributed by atoms with Crippen LogP contribution >= 0.6 is 0 Å². The van der Waals surface area contributed by atoms with E-state index in [-0.39, 0.29) is 5.91 Å². The van der Waals surface area contributed by atoms with Crippen LogP contribution in [-0.4, -0.2) is 42.2 Å². The Kier molecular flexibility index (Phi) is 3.36. The highest BCUT2D eigenvalue weighted by Crippen LogP contribution is 2.40. The van der Waals surface area contributed by atoms with Crippen molar-refractivity contribution in [1.82, 2.24) is 24.2 Å². The number of piperidine rings is 1. The summed E-state index contributed by atoms with van der Waals surface area (Å²) in [7, 11) is 0. The molecule has 2 saturated heterocycles. The van der Waals surface area contributed by atoms with Gasteiger partial charge in [-0.1, -0.05) is 18.2 Å². The molecule has 0 saturated carbocycles. The smallest absolute Gasteiger partial charge is 0.243 e. The minimum Gasteiger partial charge on any atom is -0.338 e. The Balaban J connectivity index is 1.35. The van der Waals surface area contributed by atoms with Crippen molar-refractivity contribution in [3.8, 4) is 0 Å². The van der Waals surface area contributed by atoms with Gasteiger partial charge >= 0.3 is 0 Å². The second-order valence-corrected chi connectivity index (χ2v) is 7.19. The molecule has 6 heteroatoms. The van der Waals surface area contributed by atoms with Crippen molar-refractivity contribution in [3.63, 3.8) is 0 Å². The van der Waals surface area contributed by atoms with Crippen molar-refractivity contribution < 1.29 is 4.79 Å². The van der Waals surface area contributed by atoms with Gasteiger partial charge in [0, 0.05) is 23.8 Å². The van der Waals surface area contributed by atoms with Crippen molar-refractivity contribution in [3.05, 3.63) is 49.2 Å². The first-order valence-electron chi connectivity index (χ1n) is 8.99. The molecule has 1 aromatic carbocycles. The highest BCUT2D eigenvalue weighted by molar-refractivity contribution is 5.83. The highest BCUT2D eigenvalue weighted by atomic mass is 16.2. The van der Waals surface area contributed by atoms with Gasteiger partial charge in [-0.05, 0) is 43.2 Å². The number of fused-ring (bicyclic) bond motifs is 3. The van der Waals surface area contributed by atoms with Gasteiger partial charge in [0.2, 0.25) is 5.91 Å². The van der Waals surface area contributed by atoms with Gasteiger partial charge in [0.05, 0.1) is 6.04 Å². The molecule has 3 aromatic rings. The molecule has 0 N–H and O–H groups in total. The average Bonchev–Trinajstić information content (AvgIpc) is 3.34. The fraction of sp³-hybridized carbons (Fsp3) is 0.421. The van der Waals surface area contributed by atoms with E-state index in [4.69, 9.17) is 0 Å². The number of aromatic nitrogens is 4. The van der Waals surface area contributed by atoms with Gasteiger partial charge in [0.15, 0.2) is 0 Å². The lowest BCUT2D eigenvalue weighted by Crippen LogP contribution is -2.48. The highest BCUT2D eigenvalue weighted by Gasteiger charge is 2.43. The second kappa shape index (κ2) is 5.72. The Morgan fingerprint density at radius 3 is 2.64 bits per heavy atom. The van der Waals surface area contributed by atoms with E-state index in [0.29, 0.717) is 24.7 Å². The SMILES string of the molecule is O=C(Cn1ccc2ccccc21)N1C2CCC1CC(n1cncn1)C2. The molecule has 2 aromatic heterocycles. The Morgan fingerprint density at radius 2 is 1.88 bits per heavy atom. The lowest BCUT2D eigenvalue weighted by Gasteiger charge is -2.39. The third-order valence-electron chi connectivity index (χ3n) is 5.79. The number of nitrogens with zero attached hydrogens (tertiary/aromatic N) is 5. The molecule has 25 heavy (non-hydrogen) atoms. The van der Waals surface area contributed by atoms with E-state index in [9.17, 15) is 4.79 Å². The molecule has 128 valence electrons. The Labute approximate surface area is 146 Å². The summed E-state index contributed by atoms with van der Waals surface area (Å²) in [4.78, 5) is 19.3. The van der Waals surface area contributed by atoms with Gasteiger partial charge in [-0.25, -0.2) is 9.67 Å². The first kappa shape index (κ1) is 14.7. The van der Waals surface area contributed by atoms with E-state index in [1.54, 1.807) is 12.7 Å². The van der Waals surface area contributed by atoms with Crippen molar-refractivity contribution in [2.45, 2.75) is 50.4 Å². The number of carbonyl (C=O) groups is 1. The van der Waals surface area contributed by atoms with E-state index >= 15 is 0 Å². The standard InChI is InChI=1S/C19H21N5O/c25-19(11-22-8-7-14-3-1-2-4-18(14)22)24-15-5-6-16(24)10-17(9-15)23-13-20-12-21-23/h1-4,7-8,12-13,15-17H,5-6,9-11H2. The van der Waals surface area contributed by atoms with Gasteiger partial charge < -0.3 is 9.47 Å². The molecule has 2 aliphatic heterocycles. The van der Waals surface area contributed by atoms with E-state index < -0.39 is 0 Å². The Hall–Kier alpha value is -2.63. The van der Waals surface area contributed by atoms with Crippen molar-refractivity contribution >= 4 is 16.8 Å². The molecule has 0 spiro atoms. The topological polar surface area (TPSA) is 56.0 Å². The van der Waals surface area contributed by atoms with Crippen LogP contribution in [0.2, 0.25) is 0 Å². The quantitative estimate of drug-likeness (QED) is 0.739. The molecule has 5 rings (SSSR count). The predicted octanol–water partition coefficient (Wildman–Crippen LogP) is 2.63. The Morgan fingerprint density at radius 1 is 1.08 bits per heavy atom. The van der Waals surface area contributed by atoms with E-state index in [0.717, 1.165) is 31.2 Å². The molecule has 0 aliphatic carbocycles. The maximum absolute atomic E-state index is 13.0. The predicted molar refractivity (Wildman–Crippen MR) is 93.9 cm³/mol. The minimum absolute atomic E-state index is 0.242. The number of hydrogen-bond donors (Lipinski definition) is 0. The van der Waals surface area contributed by atoms with Gasteiger partial charge in [0.25, 0.3) is 0 Å². The zero-order chi connectivity index (χ0) is 16.8. The summed E-state index contributed by atoms with van der Waals surface area (Å²) in [6.45, 7) is 0.425. The van der Waals surface area contributed by atoms with Gasteiger partial charge in [0.1, 0.15) is 19.2 Å². The molecular formula is C19H21N5O. The molecule has 2 atom stereocenters. The summed E-state index contributed by atoms with van der Waals surface area (Å²) < 4.78 is 4.03.